The summed E-state index contributed by atoms with van der Waals surface area (Å²) in [7, 11) is -3.25. The van der Waals surface area contributed by atoms with Crippen molar-refractivity contribution in [3.63, 3.8) is 0 Å². The molecule has 2 rings (SSSR count). The molecule has 1 heterocycles. The number of sulfone groups is 1. The lowest BCUT2D eigenvalue weighted by Gasteiger charge is -2.24. The minimum Gasteiger partial charge on any atom is -0.317 e. The monoisotopic (exact) mass is 319 g/mol. The fraction of sp³-hybridized carbons (Fsp3) is 0.538. The second-order valence-electron chi connectivity index (χ2n) is 4.83. The van der Waals surface area contributed by atoms with Crippen molar-refractivity contribution in [2.45, 2.75) is 28.6 Å². The van der Waals surface area contributed by atoms with Crippen LogP contribution in [-0.4, -0.2) is 34.0 Å². The van der Waals surface area contributed by atoms with E-state index in [9.17, 15) is 8.42 Å². The molecule has 0 amide bonds. The van der Waals surface area contributed by atoms with Crippen molar-refractivity contribution in [2.24, 2.45) is 0 Å². The topological polar surface area (TPSA) is 46.2 Å². The van der Waals surface area contributed by atoms with Gasteiger partial charge in [0, 0.05) is 11.2 Å². The maximum atomic E-state index is 11.9. The van der Waals surface area contributed by atoms with E-state index >= 15 is 0 Å². The van der Waals surface area contributed by atoms with Crippen LogP contribution < -0.4 is 5.32 Å². The fourth-order valence-electron chi connectivity index (χ4n) is 2.45. The van der Waals surface area contributed by atoms with Gasteiger partial charge in [0.15, 0.2) is 9.84 Å². The van der Waals surface area contributed by atoms with E-state index in [0.29, 0.717) is 20.7 Å². The molecule has 1 saturated heterocycles. The summed E-state index contributed by atoms with van der Waals surface area (Å²) < 4.78 is 23.8. The number of nitrogens with one attached hydrogen (secondary N) is 1. The molecule has 1 aliphatic rings. The third-order valence-corrected chi connectivity index (χ3v) is 5.95. The zero-order valence-corrected chi connectivity index (χ0v) is 13.5. The predicted octanol–water partition coefficient (Wildman–Crippen LogP) is 2.93. The molecule has 1 aliphatic heterocycles. The van der Waals surface area contributed by atoms with Crippen LogP contribution in [-0.2, 0) is 9.84 Å². The Morgan fingerprint density at radius 3 is 2.47 bits per heavy atom. The SMILES string of the molecule is CSc1c(Cl)cc(C2CCNCC2)cc1S(C)(=O)=O. The van der Waals surface area contributed by atoms with E-state index in [1.807, 2.05) is 18.4 Å². The van der Waals surface area contributed by atoms with Crippen molar-refractivity contribution in [2.75, 3.05) is 25.6 Å². The van der Waals surface area contributed by atoms with E-state index < -0.39 is 9.84 Å². The second-order valence-corrected chi connectivity index (χ2v) is 8.04. The Morgan fingerprint density at radius 2 is 1.95 bits per heavy atom. The first-order valence-electron chi connectivity index (χ1n) is 6.21. The van der Waals surface area contributed by atoms with E-state index in [4.69, 9.17) is 11.6 Å². The number of halogens is 1. The summed E-state index contributed by atoms with van der Waals surface area (Å²) in [5.74, 6) is 0.398. The summed E-state index contributed by atoms with van der Waals surface area (Å²) >= 11 is 7.64. The maximum Gasteiger partial charge on any atom is 0.176 e. The van der Waals surface area contributed by atoms with Crippen LogP contribution in [0, 0.1) is 0 Å². The van der Waals surface area contributed by atoms with Crippen molar-refractivity contribution in [3.8, 4) is 0 Å². The molecule has 0 atom stereocenters. The van der Waals surface area contributed by atoms with E-state index in [2.05, 4.69) is 5.32 Å². The second kappa shape index (κ2) is 6.04. The minimum absolute atomic E-state index is 0.362. The smallest absolute Gasteiger partial charge is 0.176 e. The molecule has 0 unspecified atom stereocenters. The molecule has 19 heavy (non-hydrogen) atoms. The van der Waals surface area contributed by atoms with Gasteiger partial charge in [-0.25, -0.2) is 8.42 Å². The van der Waals surface area contributed by atoms with Crippen molar-refractivity contribution >= 4 is 33.2 Å². The maximum absolute atomic E-state index is 11.9. The minimum atomic E-state index is -3.25. The van der Waals surface area contributed by atoms with Gasteiger partial charge in [0.25, 0.3) is 0 Å². The lowest BCUT2D eigenvalue weighted by molar-refractivity contribution is 0.459. The number of piperidine rings is 1. The first-order valence-corrected chi connectivity index (χ1v) is 9.71. The number of hydrogen-bond donors (Lipinski definition) is 1. The first-order chi connectivity index (χ1) is 8.93. The third kappa shape index (κ3) is 3.45. The summed E-state index contributed by atoms with van der Waals surface area (Å²) in [4.78, 5) is 1.02. The van der Waals surface area contributed by atoms with Crippen LogP contribution in [0.2, 0.25) is 5.02 Å². The normalized spacial score (nSPS) is 17.6. The molecule has 0 bridgehead atoms. The lowest BCUT2D eigenvalue weighted by Crippen LogP contribution is -2.26. The highest BCUT2D eigenvalue weighted by molar-refractivity contribution is 7.99. The Balaban J connectivity index is 2.50. The number of hydrogen-bond acceptors (Lipinski definition) is 4. The van der Waals surface area contributed by atoms with Crippen LogP contribution in [0.4, 0.5) is 0 Å². The van der Waals surface area contributed by atoms with Crippen molar-refractivity contribution in [1.29, 1.82) is 0 Å². The van der Waals surface area contributed by atoms with Gasteiger partial charge in [-0.2, -0.15) is 0 Å². The molecule has 1 N–H and O–H groups in total. The van der Waals surface area contributed by atoms with Crippen LogP contribution in [0.3, 0.4) is 0 Å². The van der Waals surface area contributed by atoms with Crippen LogP contribution in [0.1, 0.15) is 24.3 Å². The van der Waals surface area contributed by atoms with Crippen LogP contribution in [0.25, 0.3) is 0 Å². The molecule has 0 radical (unpaired) electrons. The summed E-state index contributed by atoms with van der Waals surface area (Å²) in [6, 6.07) is 3.74. The van der Waals surface area contributed by atoms with E-state index in [0.717, 1.165) is 31.5 Å². The highest BCUT2D eigenvalue weighted by Crippen LogP contribution is 2.37. The average molecular weight is 320 g/mol. The summed E-state index contributed by atoms with van der Waals surface area (Å²) in [5, 5.41) is 3.86. The molecule has 0 saturated carbocycles. The summed E-state index contributed by atoms with van der Waals surface area (Å²) in [5.41, 5.74) is 1.05. The molecule has 0 spiro atoms. The number of thioether (sulfide) groups is 1. The van der Waals surface area contributed by atoms with Gasteiger partial charge in [0.2, 0.25) is 0 Å². The van der Waals surface area contributed by atoms with E-state index in [1.165, 1.54) is 18.0 Å². The average Bonchev–Trinajstić information content (AvgIpc) is 2.37. The molecular formula is C13H18ClNO2S2. The molecular weight excluding hydrogens is 302 g/mol. The Kier molecular flexibility index (Phi) is 4.82. The van der Waals surface area contributed by atoms with Crippen LogP contribution in [0.15, 0.2) is 21.9 Å². The zero-order chi connectivity index (χ0) is 14.0. The van der Waals surface area contributed by atoms with E-state index in [1.54, 1.807) is 0 Å². The lowest BCUT2D eigenvalue weighted by atomic mass is 9.90. The van der Waals surface area contributed by atoms with Crippen LogP contribution >= 0.6 is 23.4 Å². The zero-order valence-electron chi connectivity index (χ0n) is 11.1. The summed E-state index contributed by atoms with van der Waals surface area (Å²) in [6.45, 7) is 1.95. The summed E-state index contributed by atoms with van der Waals surface area (Å²) in [6.07, 6.45) is 5.14. The Morgan fingerprint density at radius 1 is 1.32 bits per heavy atom. The van der Waals surface area contributed by atoms with Gasteiger partial charge >= 0.3 is 0 Å². The van der Waals surface area contributed by atoms with Gasteiger partial charge in [0.05, 0.1) is 9.92 Å². The Labute approximate surface area is 124 Å². The molecule has 1 aromatic carbocycles. The van der Waals surface area contributed by atoms with Gasteiger partial charge in [-0.3, -0.25) is 0 Å². The van der Waals surface area contributed by atoms with Gasteiger partial charge in [0.1, 0.15) is 0 Å². The standard InChI is InChI=1S/C13H18ClNO2S2/c1-18-13-11(14)7-10(8-12(13)19(2,16)17)9-3-5-15-6-4-9/h7-9,15H,3-6H2,1-2H3. The largest absolute Gasteiger partial charge is 0.317 e. The van der Waals surface area contributed by atoms with Gasteiger partial charge in [-0.15, -0.1) is 11.8 Å². The van der Waals surface area contributed by atoms with Crippen LogP contribution in [0.5, 0.6) is 0 Å². The van der Waals surface area contributed by atoms with Gasteiger partial charge in [-0.1, -0.05) is 11.6 Å². The van der Waals surface area contributed by atoms with Crippen molar-refractivity contribution in [3.05, 3.63) is 22.7 Å². The van der Waals surface area contributed by atoms with Gasteiger partial charge < -0.3 is 5.32 Å². The predicted molar refractivity (Wildman–Crippen MR) is 81.2 cm³/mol. The van der Waals surface area contributed by atoms with E-state index in [-0.39, 0.29) is 0 Å². The molecule has 106 valence electrons. The van der Waals surface area contributed by atoms with Gasteiger partial charge in [-0.05, 0) is 55.8 Å². The number of rotatable bonds is 3. The van der Waals surface area contributed by atoms with Crippen molar-refractivity contribution in [1.82, 2.24) is 5.32 Å². The fourth-order valence-corrected chi connectivity index (χ4v) is 4.98. The van der Waals surface area contributed by atoms with Crippen molar-refractivity contribution < 1.29 is 8.42 Å². The molecule has 6 heteroatoms. The number of benzene rings is 1. The Bertz CT molecular complexity index is 566. The molecule has 1 fully saturated rings. The highest BCUT2D eigenvalue weighted by Gasteiger charge is 2.22. The molecule has 3 nitrogen and oxygen atoms in total. The highest BCUT2D eigenvalue weighted by atomic mass is 35.5. The molecule has 0 aromatic heterocycles. The molecule has 1 aromatic rings. The third-order valence-electron chi connectivity index (χ3n) is 3.45. The quantitative estimate of drug-likeness (QED) is 0.870. The Hall–Kier alpha value is -0.230. The first kappa shape index (κ1) is 15.2. The molecule has 0 aliphatic carbocycles.